The van der Waals surface area contributed by atoms with Gasteiger partial charge in [0.1, 0.15) is 0 Å². The van der Waals surface area contributed by atoms with Crippen LogP contribution in [-0.4, -0.2) is 6.04 Å². The average molecular weight is 140 g/mol. The SMILES string of the molecule is C/C(N)=C\C=C(/C)[C@H](C)N. The van der Waals surface area contributed by atoms with Gasteiger partial charge in [0, 0.05) is 11.7 Å². The predicted molar refractivity (Wildman–Crippen MR) is 45.4 cm³/mol. The zero-order valence-electron chi connectivity index (χ0n) is 6.89. The molecule has 0 amide bonds. The molecule has 0 spiro atoms. The minimum atomic E-state index is 0.121. The lowest BCUT2D eigenvalue weighted by Crippen LogP contribution is -2.15. The Labute approximate surface area is 62.6 Å². The summed E-state index contributed by atoms with van der Waals surface area (Å²) in [7, 11) is 0. The second kappa shape index (κ2) is 4.12. The van der Waals surface area contributed by atoms with Crippen LogP contribution in [0.15, 0.2) is 23.4 Å². The first kappa shape index (κ1) is 9.24. The van der Waals surface area contributed by atoms with Crippen LogP contribution in [0, 0.1) is 0 Å². The van der Waals surface area contributed by atoms with E-state index in [1.165, 1.54) is 0 Å². The maximum atomic E-state index is 5.58. The molecular weight excluding hydrogens is 124 g/mol. The van der Waals surface area contributed by atoms with E-state index >= 15 is 0 Å². The van der Waals surface area contributed by atoms with Gasteiger partial charge in [-0.15, -0.1) is 0 Å². The van der Waals surface area contributed by atoms with Crippen molar-refractivity contribution >= 4 is 0 Å². The molecule has 0 heterocycles. The van der Waals surface area contributed by atoms with Crippen LogP contribution >= 0.6 is 0 Å². The molecule has 0 saturated heterocycles. The van der Waals surface area contributed by atoms with Crippen molar-refractivity contribution < 1.29 is 0 Å². The molecule has 0 aromatic heterocycles. The van der Waals surface area contributed by atoms with E-state index in [1.54, 1.807) is 0 Å². The fraction of sp³-hybridized carbons (Fsp3) is 0.500. The Morgan fingerprint density at radius 1 is 1.30 bits per heavy atom. The predicted octanol–water partition coefficient (Wildman–Crippen LogP) is 1.14. The lowest BCUT2D eigenvalue weighted by atomic mass is 10.1. The van der Waals surface area contributed by atoms with Gasteiger partial charge in [-0.2, -0.15) is 0 Å². The van der Waals surface area contributed by atoms with Gasteiger partial charge in [0.05, 0.1) is 0 Å². The lowest BCUT2D eigenvalue weighted by molar-refractivity contribution is 0.861. The smallest absolute Gasteiger partial charge is 0.0225 e. The molecule has 0 saturated carbocycles. The molecule has 0 unspecified atom stereocenters. The van der Waals surface area contributed by atoms with E-state index in [2.05, 4.69) is 0 Å². The van der Waals surface area contributed by atoms with Crippen LogP contribution in [0.4, 0.5) is 0 Å². The highest BCUT2D eigenvalue weighted by Gasteiger charge is 1.92. The minimum absolute atomic E-state index is 0.121. The number of allylic oxidation sites excluding steroid dienone is 3. The lowest BCUT2D eigenvalue weighted by Gasteiger charge is -2.02. The van der Waals surface area contributed by atoms with Crippen molar-refractivity contribution in [3.8, 4) is 0 Å². The van der Waals surface area contributed by atoms with E-state index in [1.807, 2.05) is 32.9 Å². The van der Waals surface area contributed by atoms with Crippen LogP contribution in [0.5, 0.6) is 0 Å². The quantitative estimate of drug-likeness (QED) is 0.565. The minimum Gasteiger partial charge on any atom is -0.402 e. The van der Waals surface area contributed by atoms with Gasteiger partial charge in [0.2, 0.25) is 0 Å². The van der Waals surface area contributed by atoms with Crippen molar-refractivity contribution in [3.05, 3.63) is 23.4 Å². The molecule has 0 bridgehead atoms. The van der Waals surface area contributed by atoms with Gasteiger partial charge >= 0.3 is 0 Å². The second-order valence-electron chi connectivity index (χ2n) is 2.61. The van der Waals surface area contributed by atoms with Crippen molar-refractivity contribution in [1.29, 1.82) is 0 Å². The summed E-state index contributed by atoms with van der Waals surface area (Å²) in [6, 6.07) is 0.121. The number of hydrogen-bond acceptors (Lipinski definition) is 2. The fourth-order valence-corrected chi connectivity index (χ4v) is 0.415. The summed E-state index contributed by atoms with van der Waals surface area (Å²) in [5.74, 6) is 0. The third kappa shape index (κ3) is 4.15. The molecule has 0 aromatic carbocycles. The molecule has 0 aliphatic carbocycles. The summed E-state index contributed by atoms with van der Waals surface area (Å²) in [6.45, 7) is 5.79. The maximum Gasteiger partial charge on any atom is 0.0225 e. The molecule has 2 heteroatoms. The van der Waals surface area contributed by atoms with Crippen molar-refractivity contribution in [2.45, 2.75) is 26.8 Å². The largest absolute Gasteiger partial charge is 0.402 e. The average Bonchev–Trinajstić information content (AvgIpc) is 1.82. The van der Waals surface area contributed by atoms with Crippen molar-refractivity contribution in [2.24, 2.45) is 11.5 Å². The highest BCUT2D eigenvalue weighted by molar-refractivity contribution is 5.16. The van der Waals surface area contributed by atoms with E-state index < -0.39 is 0 Å². The molecule has 58 valence electrons. The van der Waals surface area contributed by atoms with E-state index in [0.29, 0.717) is 0 Å². The summed E-state index contributed by atoms with van der Waals surface area (Å²) in [5, 5.41) is 0. The third-order valence-electron chi connectivity index (χ3n) is 1.33. The highest BCUT2D eigenvalue weighted by atomic mass is 14.6. The van der Waals surface area contributed by atoms with Gasteiger partial charge in [-0.05, 0) is 26.8 Å². The zero-order chi connectivity index (χ0) is 8.15. The van der Waals surface area contributed by atoms with Crippen molar-refractivity contribution in [3.63, 3.8) is 0 Å². The van der Waals surface area contributed by atoms with Gasteiger partial charge in [-0.25, -0.2) is 0 Å². The Morgan fingerprint density at radius 2 is 1.80 bits per heavy atom. The summed E-state index contributed by atoms with van der Waals surface area (Å²) >= 11 is 0. The third-order valence-corrected chi connectivity index (χ3v) is 1.33. The first-order chi connectivity index (χ1) is 4.54. The number of nitrogens with two attached hydrogens (primary N) is 2. The molecule has 0 aromatic rings. The van der Waals surface area contributed by atoms with Crippen molar-refractivity contribution in [1.82, 2.24) is 0 Å². The van der Waals surface area contributed by atoms with Gasteiger partial charge in [0.25, 0.3) is 0 Å². The summed E-state index contributed by atoms with van der Waals surface area (Å²) in [5.41, 5.74) is 12.9. The standard InChI is InChI=1S/C8H16N2/c1-6(8(3)10)4-5-7(2)9/h4-5,8H,9-10H2,1-3H3/b6-4+,7-5+/t8-/m0/s1. The van der Waals surface area contributed by atoms with Gasteiger partial charge < -0.3 is 11.5 Å². The Kier molecular flexibility index (Phi) is 3.81. The van der Waals surface area contributed by atoms with E-state index in [-0.39, 0.29) is 6.04 Å². The molecule has 0 fully saturated rings. The first-order valence-electron chi connectivity index (χ1n) is 3.40. The Morgan fingerprint density at radius 3 is 2.10 bits per heavy atom. The molecule has 10 heavy (non-hydrogen) atoms. The van der Waals surface area contributed by atoms with Crippen LogP contribution in [0.25, 0.3) is 0 Å². The summed E-state index contributed by atoms with van der Waals surface area (Å²) in [6.07, 6.45) is 3.80. The van der Waals surface area contributed by atoms with E-state index in [0.717, 1.165) is 11.3 Å². The Balaban J connectivity index is 4.05. The number of hydrogen-bond donors (Lipinski definition) is 2. The zero-order valence-corrected chi connectivity index (χ0v) is 6.89. The molecule has 0 aliphatic heterocycles. The van der Waals surface area contributed by atoms with Gasteiger partial charge in [-0.1, -0.05) is 11.6 Å². The van der Waals surface area contributed by atoms with E-state index in [4.69, 9.17) is 11.5 Å². The van der Waals surface area contributed by atoms with Crippen LogP contribution in [0.1, 0.15) is 20.8 Å². The monoisotopic (exact) mass is 140 g/mol. The highest BCUT2D eigenvalue weighted by Crippen LogP contribution is 1.97. The molecule has 0 aliphatic rings. The van der Waals surface area contributed by atoms with Gasteiger partial charge in [0.15, 0.2) is 0 Å². The molecule has 4 N–H and O–H groups in total. The van der Waals surface area contributed by atoms with E-state index in [9.17, 15) is 0 Å². The van der Waals surface area contributed by atoms with Crippen molar-refractivity contribution in [2.75, 3.05) is 0 Å². The summed E-state index contributed by atoms with van der Waals surface area (Å²) < 4.78 is 0. The molecule has 2 nitrogen and oxygen atoms in total. The Bertz CT molecular complexity index is 151. The fourth-order valence-electron chi connectivity index (χ4n) is 0.415. The second-order valence-corrected chi connectivity index (χ2v) is 2.61. The Hall–Kier alpha value is -0.760. The van der Waals surface area contributed by atoms with Crippen LogP contribution < -0.4 is 11.5 Å². The first-order valence-corrected chi connectivity index (χ1v) is 3.40. The topological polar surface area (TPSA) is 52.0 Å². The molecule has 0 rings (SSSR count). The molecular formula is C8H16N2. The molecule has 0 radical (unpaired) electrons. The van der Waals surface area contributed by atoms with Gasteiger partial charge in [-0.3, -0.25) is 0 Å². The summed E-state index contributed by atoms with van der Waals surface area (Å²) in [4.78, 5) is 0. The normalized spacial score (nSPS) is 17.2. The number of rotatable bonds is 2. The van der Waals surface area contributed by atoms with Crippen LogP contribution in [-0.2, 0) is 0 Å². The maximum absolute atomic E-state index is 5.58. The van der Waals surface area contributed by atoms with Crippen LogP contribution in [0.2, 0.25) is 0 Å². The molecule has 1 atom stereocenters. The van der Waals surface area contributed by atoms with Crippen LogP contribution in [0.3, 0.4) is 0 Å².